The summed E-state index contributed by atoms with van der Waals surface area (Å²) in [6.07, 6.45) is 5.45. The van der Waals surface area contributed by atoms with Gasteiger partial charge < -0.3 is 9.88 Å². The van der Waals surface area contributed by atoms with Crippen LogP contribution in [0.3, 0.4) is 0 Å². The summed E-state index contributed by atoms with van der Waals surface area (Å²) in [5.74, 6) is 0.327. The highest BCUT2D eigenvalue weighted by Gasteiger charge is 2.48. The quantitative estimate of drug-likeness (QED) is 0.175. The fraction of sp³-hybridized carbons (Fsp3) is 0.196. The molecule has 1 aliphatic carbocycles. The molecule has 1 N–H and O–H groups in total. The van der Waals surface area contributed by atoms with Crippen LogP contribution in [-0.2, 0) is 11.8 Å². The third-order valence-electron chi connectivity index (χ3n) is 13.2. The fourth-order valence-electron chi connectivity index (χ4n) is 9.73. The molecular formula is C56H52N5P. The van der Waals surface area contributed by atoms with Gasteiger partial charge in [-0.15, -0.1) is 0 Å². The molecule has 8 aromatic rings. The summed E-state index contributed by atoms with van der Waals surface area (Å²) in [6, 6.07) is 57.8. The number of aromatic nitrogens is 2. The minimum Gasteiger partial charge on any atom is -0.353 e. The first-order valence-electron chi connectivity index (χ1n) is 21.9. The van der Waals surface area contributed by atoms with Crippen molar-refractivity contribution in [3.8, 4) is 33.5 Å². The van der Waals surface area contributed by atoms with Gasteiger partial charge in [0.1, 0.15) is 6.17 Å². The zero-order valence-corrected chi connectivity index (χ0v) is 37.3. The Hall–Kier alpha value is -6.26. The minimum absolute atomic E-state index is 0.0486. The van der Waals surface area contributed by atoms with Gasteiger partial charge in [-0.2, -0.15) is 4.78 Å². The second kappa shape index (κ2) is 14.7. The second-order valence-electron chi connectivity index (χ2n) is 19.2. The van der Waals surface area contributed by atoms with Crippen molar-refractivity contribution >= 4 is 47.7 Å². The van der Waals surface area contributed by atoms with E-state index in [4.69, 9.17) is 4.98 Å². The third kappa shape index (κ3) is 6.49. The van der Waals surface area contributed by atoms with E-state index in [1.165, 1.54) is 72.4 Å². The SMILES string of the molecule is CC(C)(C)c1ccc2[nH]c3c(c2c1)CC(C(C)(C)C)C=C3N1c2ccccc2C2N(c3ccccc3)c3cc(-c4ccccc4)cc(-c4cc(-c5ccccc5)ccn4)c3PN21. The average molecular weight is 826 g/mol. The van der Waals surface area contributed by atoms with Gasteiger partial charge in [0.05, 0.1) is 28.5 Å². The number of allylic oxidation sites excluding steroid dienone is 1. The van der Waals surface area contributed by atoms with E-state index in [1.807, 2.05) is 6.20 Å². The molecular weight excluding hydrogens is 774 g/mol. The lowest BCUT2D eigenvalue weighted by Crippen LogP contribution is -2.45. The summed E-state index contributed by atoms with van der Waals surface area (Å²) >= 11 is 0. The van der Waals surface area contributed by atoms with Crippen LogP contribution in [0, 0.1) is 11.3 Å². The monoisotopic (exact) mass is 825 g/mol. The first-order chi connectivity index (χ1) is 30.0. The second-order valence-corrected chi connectivity index (χ2v) is 20.4. The molecule has 0 amide bonds. The molecule has 0 radical (unpaired) electrons. The van der Waals surface area contributed by atoms with Gasteiger partial charge in [-0.1, -0.05) is 151 Å². The number of nitrogens with zero attached hydrogens (tertiary/aromatic N) is 4. The van der Waals surface area contributed by atoms with Crippen LogP contribution in [0.2, 0.25) is 0 Å². The Morgan fingerprint density at radius 2 is 1.32 bits per heavy atom. The molecule has 0 spiro atoms. The van der Waals surface area contributed by atoms with E-state index in [1.54, 1.807) is 0 Å². The molecule has 0 saturated heterocycles. The van der Waals surface area contributed by atoms with Gasteiger partial charge in [0.2, 0.25) is 0 Å². The highest BCUT2D eigenvalue weighted by molar-refractivity contribution is 7.46. The number of H-pyrrole nitrogens is 1. The molecule has 2 aliphatic heterocycles. The molecule has 6 aromatic carbocycles. The Labute approximate surface area is 367 Å². The zero-order valence-electron chi connectivity index (χ0n) is 36.3. The average Bonchev–Trinajstić information content (AvgIpc) is 3.83. The van der Waals surface area contributed by atoms with E-state index in [9.17, 15) is 0 Å². The normalized spacial score (nSPS) is 17.7. The molecule has 5 nitrogen and oxygen atoms in total. The fourth-order valence-corrected chi connectivity index (χ4v) is 11.3. The lowest BCUT2D eigenvalue weighted by molar-refractivity contribution is 0.289. The van der Waals surface area contributed by atoms with Crippen LogP contribution in [0.15, 0.2) is 170 Å². The molecule has 2 aromatic heterocycles. The Balaban J connectivity index is 1.16. The lowest BCUT2D eigenvalue weighted by atomic mass is 9.73. The molecule has 6 heteroatoms. The summed E-state index contributed by atoms with van der Waals surface area (Å²) in [4.78, 5) is 11.8. The summed E-state index contributed by atoms with van der Waals surface area (Å²) in [6.45, 7) is 14.1. The van der Waals surface area contributed by atoms with E-state index < -0.39 is 0 Å². The maximum Gasteiger partial charge on any atom is 0.136 e. The maximum absolute atomic E-state index is 5.16. The van der Waals surface area contributed by atoms with Crippen LogP contribution < -0.4 is 15.2 Å². The maximum atomic E-state index is 5.16. The van der Waals surface area contributed by atoms with Gasteiger partial charge in [-0.25, -0.2) is 0 Å². The molecule has 11 rings (SSSR count). The molecule has 0 fully saturated rings. The van der Waals surface area contributed by atoms with E-state index in [0.717, 1.165) is 28.9 Å². The van der Waals surface area contributed by atoms with Gasteiger partial charge in [0.25, 0.3) is 0 Å². The number of pyridine rings is 1. The van der Waals surface area contributed by atoms with Crippen LogP contribution in [0.25, 0.3) is 50.1 Å². The Kier molecular flexibility index (Phi) is 9.16. The van der Waals surface area contributed by atoms with Crippen LogP contribution in [-0.4, -0.2) is 14.7 Å². The molecule has 4 heterocycles. The summed E-state index contributed by atoms with van der Waals surface area (Å²) in [5, 5.41) is 5.20. The molecule has 3 unspecified atom stereocenters. The first-order valence-corrected chi connectivity index (χ1v) is 22.9. The van der Waals surface area contributed by atoms with E-state index >= 15 is 0 Å². The van der Waals surface area contributed by atoms with E-state index in [0.29, 0.717) is 14.6 Å². The highest BCUT2D eigenvalue weighted by atomic mass is 31.1. The molecule has 3 atom stereocenters. The number of hydrazine groups is 1. The first kappa shape index (κ1) is 38.6. The van der Waals surface area contributed by atoms with Gasteiger partial charge in [-0.3, -0.25) is 9.99 Å². The zero-order chi connectivity index (χ0) is 42.3. The summed E-state index contributed by atoms with van der Waals surface area (Å²) in [5.41, 5.74) is 18.2. The number of anilines is 3. The number of aromatic amines is 1. The van der Waals surface area contributed by atoms with E-state index in [2.05, 4.69) is 225 Å². The van der Waals surface area contributed by atoms with Crippen molar-refractivity contribution in [2.24, 2.45) is 11.3 Å². The van der Waals surface area contributed by atoms with Crippen LogP contribution in [0.1, 0.15) is 70.1 Å². The molecule has 0 bridgehead atoms. The van der Waals surface area contributed by atoms with Crippen molar-refractivity contribution in [1.29, 1.82) is 0 Å². The van der Waals surface area contributed by atoms with Gasteiger partial charge in [0, 0.05) is 48.0 Å². The number of para-hydroxylation sites is 2. The van der Waals surface area contributed by atoms with Crippen molar-refractivity contribution in [2.75, 3.05) is 9.91 Å². The molecule has 3 aliphatic rings. The van der Waals surface area contributed by atoms with Crippen molar-refractivity contribution in [2.45, 2.75) is 59.5 Å². The number of rotatable bonds is 5. The van der Waals surface area contributed by atoms with Crippen molar-refractivity contribution < 1.29 is 0 Å². The lowest BCUT2D eigenvalue weighted by Gasteiger charge is -2.46. The molecule has 306 valence electrons. The molecule has 0 saturated carbocycles. The number of nitrogens with one attached hydrogen (secondary N) is 1. The largest absolute Gasteiger partial charge is 0.353 e. The van der Waals surface area contributed by atoms with Crippen LogP contribution >= 0.6 is 8.73 Å². The Bertz CT molecular complexity index is 3010. The Morgan fingerprint density at radius 3 is 2.03 bits per heavy atom. The number of hydrogen-bond acceptors (Lipinski definition) is 4. The standard InChI is InChI=1S/C56H52N5P/c1-55(2,3)40-26-27-47-44(33-40)45-34-41(56(4,5)6)35-50(52(45)58-47)60-49-25-17-16-24-43(49)54-59(42-22-14-9-15-23-42)51-32-39(37-20-12-8-13-21-37)30-46(53(51)62-61(54)60)48-31-38(28-29-57-48)36-18-10-7-11-19-36/h7-33,35,41,54,58,62H,34H2,1-6H3. The minimum atomic E-state index is -0.0989. The predicted molar refractivity (Wildman–Crippen MR) is 262 cm³/mol. The van der Waals surface area contributed by atoms with Gasteiger partial charge in [0.15, 0.2) is 0 Å². The third-order valence-corrected chi connectivity index (χ3v) is 14.6. The molecule has 62 heavy (non-hydrogen) atoms. The number of benzene rings is 6. The topological polar surface area (TPSA) is 38.4 Å². The Morgan fingerprint density at radius 1 is 0.645 bits per heavy atom. The predicted octanol–water partition coefficient (Wildman–Crippen LogP) is 14.2. The van der Waals surface area contributed by atoms with E-state index in [-0.39, 0.29) is 17.0 Å². The number of fused-ring (bicyclic) bond motifs is 7. The van der Waals surface area contributed by atoms with Crippen LogP contribution in [0.4, 0.5) is 17.1 Å². The smallest absolute Gasteiger partial charge is 0.136 e. The summed E-state index contributed by atoms with van der Waals surface area (Å²) < 4.78 is 2.65. The van der Waals surface area contributed by atoms with Crippen molar-refractivity contribution in [3.63, 3.8) is 0 Å². The van der Waals surface area contributed by atoms with Gasteiger partial charge in [-0.05, 0) is 111 Å². The van der Waals surface area contributed by atoms with Crippen molar-refractivity contribution in [3.05, 3.63) is 192 Å². The van der Waals surface area contributed by atoms with Crippen LogP contribution in [0.5, 0.6) is 0 Å². The summed E-state index contributed by atoms with van der Waals surface area (Å²) in [7, 11) is 0.299. The van der Waals surface area contributed by atoms with Crippen molar-refractivity contribution in [1.82, 2.24) is 14.7 Å². The van der Waals surface area contributed by atoms with Gasteiger partial charge >= 0.3 is 0 Å². The number of hydrogen-bond donors (Lipinski definition) is 1. The highest BCUT2D eigenvalue weighted by Crippen LogP contribution is 2.59.